The predicted octanol–water partition coefficient (Wildman–Crippen LogP) is 1.41. The van der Waals surface area contributed by atoms with Crippen molar-refractivity contribution in [1.29, 1.82) is 0 Å². The second-order valence-electron chi connectivity index (χ2n) is 6.49. The molecular weight excluding hydrogens is 254 g/mol. The van der Waals surface area contributed by atoms with E-state index in [0.717, 1.165) is 24.3 Å². The summed E-state index contributed by atoms with van der Waals surface area (Å²) in [5.74, 6) is 2.04. The molecule has 1 aliphatic heterocycles. The molecule has 0 bridgehead atoms. The predicted molar refractivity (Wildman–Crippen MR) is 72.8 cm³/mol. The molecule has 108 valence electrons. The number of aromatic nitrogens is 2. The molecule has 0 aromatic carbocycles. The molecule has 0 unspecified atom stereocenters. The van der Waals surface area contributed by atoms with E-state index >= 15 is 0 Å². The lowest BCUT2D eigenvalue weighted by molar-refractivity contribution is -0.123. The van der Waals surface area contributed by atoms with Crippen LogP contribution in [0.5, 0.6) is 0 Å². The van der Waals surface area contributed by atoms with Gasteiger partial charge < -0.3 is 10.1 Å². The first-order valence-corrected chi connectivity index (χ1v) is 7.63. The van der Waals surface area contributed by atoms with Gasteiger partial charge in [-0.15, -0.1) is 0 Å². The molecule has 4 atom stereocenters. The first-order valence-electron chi connectivity index (χ1n) is 7.63. The van der Waals surface area contributed by atoms with Gasteiger partial charge in [-0.05, 0) is 37.5 Å². The largest absolute Gasteiger partial charge is 0.371 e. The number of rotatable bonds is 4. The maximum atomic E-state index is 12.3. The molecule has 5 heteroatoms. The van der Waals surface area contributed by atoms with E-state index in [1.807, 2.05) is 19.4 Å². The zero-order valence-corrected chi connectivity index (χ0v) is 11.8. The van der Waals surface area contributed by atoms with E-state index in [1.165, 1.54) is 12.8 Å². The molecule has 1 N–H and O–H groups in total. The monoisotopic (exact) mass is 275 g/mol. The lowest BCUT2D eigenvalue weighted by Crippen LogP contribution is -2.38. The van der Waals surface area contributed by atoms with Crippen LogP contribution >= 0.6 is 0 Å². The van der Waals surface area contributed by atoms with E-state index < -0.39 is 0 Å². The normalized spacial score (nSPS) is 36.0. The average molecular weight is 275 g/mol. The van der Waals surface area contributed by atoms with Crippen LogP contribution in [0.1, 0.15) is 37.4 Å². The third-order valence-electron chi connectivity index (χ3n) is 4.88. The van der Waals surface area contributed by atoms with Crippen LogP contribution in [0.25, 0.3) is 0 Å². The lowest BCUT2D eigenvalue weighted by Gasteiger charge is -2.18. The lowest BCUT2D eigenvalue weighted by atomic mass is 10.0. The number of carbonyl (C=O) groups is 1. The van der Waals surface area contributed by atoms with Crippen LogP contribution in [0.15, 0.2) is 12.4 Å². The molecule has 1 aromatic rings. The molecule has 2 saturated carbocycles. The van der Waals surface area contributed by atoms with Gasteiger partial charge in [0.1, 0.15) is 6.10 Å². The summed E-state index contributed by atoms with van der Waals surface area (Å²) in [5, 5.41) is 7.40. The smallest absolute Gasteiger partial charge is 0.223 e. The number of aryl methyl sites for hydroxylation is 1. The molecule has 1 aromatic heterocycles. The minimum atomic E-state index is -0.0363. The fourth-order valence-electron chi connectivity index (χ4n) is 3.50. The van der Waals surface area contributed by atoms with Crippen LogP contribution in [0.4, 0.5) is 0 Å². The van der Waals surface area contributed by atoms with Gasteiger partial charge in [0, 0.05) is 31.3 Å². The zero-order chi connectivity index (χ0) is 13.7. The van der Waals surface area contributed by atoms with Crippen molar-refractivity contribution in [1.82, 2.24) is 15.1 Å². The van der Waals surface area contributed by atoms with Gasteiger partial charge in [-0.1, -0.05) is 0 Å². The molecule has 2 aliphatic carbocycles. The average Bonchev–Trinajstić information content (AvgIpc) is 3.30. The molecule has 1 saturated heterocycles. The van der Waals surface area contributed by atoms with Crippen LogP contribution in [0.2, 0.25) is 0 Å². The number of nitrogens with zero attached hydrogens (tertiary/aromatic N) is 2. The molecule has 1 amide bonds. The summed E-state index contributed by atoms with van der Waals surface area (Å²) in [7, 11) is 1.90. The molecular formula is C15H21N3O2. The summed E-state index contributed by atoms with van der Waals surface area (Å²) < 4.78 is 7.56. The van der Waals surface area contributed by atoms with E-state index in [-0.39, 0.29) is 24.0 Å². The summed E-state index contributed by atoms with van der Waals surface area (Å²) in [4.78, 5) is 12.3. The SMILES string of the molecule is Cn1cc([C@H]2OCC[C@@H]2NC(=O)[C@@H]2C[C@H]2C2CC2)cn1. The van der Waals surface area contributed by atoms with E-state index in [9.17, 15) is 4.79 Å². The summed E-state index contributed by atoms with van der Waals surface area (Å²) >= 11 is 0. The topological polar surface area (TPSA) is 56.1 Å². The fourth-order valence-corrected chi connectivity index (χ4v) is 3.50. The van der Waals surface area contributed by atoms with Gasteiger partial charge in [0.15, 0.2) is 0 Å². The Kier molecular flexibility index (Phi) is 2.84. The van der Waals surface area contributed by atoms with Crippen molar-refractivity contribution in [3.05, 3.63) is 18.0 Å². The van der Waals surface area contributed by atoms with E-state index in [0.29, 0.717) is 12.5 Å². The maximum Gasteiger partial charge on any atom is 0.223 e. The Hall–Kier alpha value is -1.36. The van der Waals surface area contributed by atoms with Crippen molar-refractivity contribution < 1.29 is 9.53 Å². The van der Waals surface area contributed by atoms with Gasteiger partial charge in [0.05, 0.1) is 12.2 Å². The van der Waals surface area contributed by atoms with Crippen LogP contribution in [-0.4, -0.2) is 28.3 Å². The number of hydrogen-bond acceptors (Lipinski definition) is 3. The second kappa shape index (κ2) is 4.58. The number of nitrogens with one attached hydrogen (secondary N) is 1. The zero-order valence-electron chi connectivity index (χ0n) is 11.8. The Labute approximate surface area is 118 Å². The Morgan fingerprint density at radius 1 is 1.45 bits per heavy atom. The quantitative estimate of drug-likeness (QED) is 0.904. The Balaban J connectivity index is 1.38. The molecule has 5 nitrogen and oxygen atoms in total. The molecule has 3 aliphatic rings. The minimum Gasteiger partial charge on any atom is -0.371 e. The number of ether oxygens (including phenoxy) is 1. The van der Waals surface area contributed by atoms with E-state index in [4.69, 9.17) is 4.74 Å². The molecule has 4 rings (SSSR count). The summed E-state index contributed by atoms with van der Waals surface area (Å²) in [6, 6.07) is 0.104. The number of amides is 1. The number of hydrogen-bond donors (Lipinski definition) is 1. The summed E-state index contributed by atoms with van der Waals surface area (Å²) in [6.45, 7) is 0.710. The molecule has 0 spiro atoms. The maximum absolute atomic E-state index is 12.3. The van der Waals surface area contributed by atoms with Gasteiger partial charge in [-0.2, -0.15) is 5.10 Å². The molecule has 20 heavy (non-hydrogen) atoms. The van der Waals surface area contributed by atoms with Gasteiger partial charge >= 0.3 is 0 Å². The minimum absolute atomic E-state index is 0.0363. The molecule has 2 heterocycles. The third-order valence-corrected chi connectivity index (χ3v) is 4.88. The van der Waals surface area contributed by atoms with Gasteiger partial charge in [0.25, 0.3) is 0 Å². The van der Waals surface area contributed by atoms with Crippen molar-refractivity contribution in [3.8, 4) is 0 Å². The van der Waals surface area contributed by atoms with Crippen LogP contribution < -0.4 is 5.32 Å². The second-order valence-corrected chi connectivity index (χ2v) is 6.49. The highest BCUT2D eigenvalue weighted by Gasteiger charge is 2.51. The van der Waals surface area contributed by atoms with Crippen molar-refractivity contribution in [2.75, 3.05) is 6.61 Å². The van der Waals surface area contributed by atoms with E-state index in [2.05, 4.69) is 10.4 Å². The summed E-state index contributed by atoms with van der Waals surface area (Å²) in [5.41, 5.74) is 1.06. The highest BCUT2D eigenvalue weighted by Crippen LogP contribution is 2.54. The van der Waals surface area contributed by atoms with Gasteiger partial charge in [-0.3, -0.25) is 9.48 Å². The Morgan fingerprint density at radius 2 is 2.30 bits per heavy atom. The first kappa shape index (κ1) is 12.4. The highest BCUT2D eigenvalue weighted by molar-refractivity contribution is 5.82. The number of carbonyl (C=O) groups excluding carboxylic acids is 1. The van der Waals surface area contributed by atoms with Crippen LogP contribution in [0.3, 0.4) is 0 Å². The van der Waals surface area contributed by atoms with Crippen LogP contribution in [0, 0.1) is 17.8 Å². The van der Waals surface area contributed by atoms with Crippen molar-refractivity contribution in [2.24, 2.45) is 24.8 Å². The van der Waals surface area contributed by atoms with Gasteiger partial charge in [-0.25, -0.2) is 0 Å². The van der Waals surface area contributed by atoms with Crippen LogP contribution in [-0.2, 0) is 16.6 Å². The standard InChI is InChI=1S/C15H21N3O2/c1-18-8-10(7-16-18)14-13(4-5-20-14)17-15(19)12-6-11(12)9-2-3-9/h7-9,11-14H,2-6H2,1H3,(H,17,19)/t11-,12+,13-,14+/m0/s1. The van der Waals surface area contributed by atoms with Gasteiger partial charge in [0.2, 0.25) is 5.91 Å². The van der Waals surface area contributed by atoms with Crippen molar-refractivity contribution >= 4 is 5.91 Å². The molecule has 3 fully saturated rings. The van der Waals surface area contributed by atoms with Crippen molar-refractivity contribution in [2.45, 2.75) is 37.8 Å². The first-order chi connectivity index (χ1) is 9.72. The molecule has 0 radical (unpaired) electrons. The highest BCUT2D eigenvalue weighted by atomic mass is 16.5. The Morgan fingerprint density at radius 3 is 3.00 bits per heavy atom. The van der Waals surface area contributed by atoms with E-state index in [1.54, 1.807) is 4.68 Å². The Bertz CT molecular complexity index is 523. The van der Waals surface area contributed by atoms with Crippen molar-refractivity contribution in [3.63, 3.8) is 0 Å². The summed E-state index contributed by atoms with van der Waals surface area (Å²) in [6.07, 6.45) is 8.43. The third kappa shape index (κ3) is 2.24. The fraction of sp³-hybridized carbons (Fsp3) is 0.733.